The fourth-order valence-electron chi connectivity index (χ4n) is 3.65. The van der Waals surface area contributed by atoms with Gasteiger partial charge in [-0.25, -0.2) is 0 Å². The summed E-state index contributed by atoms with van der Waals surface area (Å²) >= 11 is 0. The van der Waals surface area contributed by atoms with Gasteiger partial charge in [-0.15, -0.1) is 6.58 Å². The van der Waals surface area contributed by atoms with Gasteiger partial charge in [-0.1, -0.05) is 23.8 Å². The first kappa shape index (κ1) is 13.8. The molecule has 116 valence electrons. The van der Waals surface area contributed by atoms with E-state index in [-0.39, 0.29) is 18.2 Å². The van der Waals surface area contributed by atoms with Crippen molar-refractivity contribution < 1.29 is 9.59 Å². The van der Waals surface area contributed by atoms with Gasteiger partial charge >= 0.3 is 0 Å². The summed E-state index contributed by atoms with van der Waals surface area (Å²) in [7, 11) is 0. The van der Waals surface area contributed by atoms with Gasteiger partial charge < -0.3 is 10.2 Å². The highest BCUT2D eigenvalue weighted by Crippen LogP contribution is 2.51. The minimum absolute atomic E-state index is 0.0858. The van der Waals surface area contributed by atoms with Gasteiger partial charge in [-0.2, -0.15) is 5.10 Å². The maximum absolute atomic E-state index is 13.3. The summed E-state index contributed by atoms with van der Waals surface area (Å²) in [6.45, 7) is 6.13. The molecule has 2 amide bonds. The van der Waals surface area contributed by atoms with Gasteiger partial charge in [0.05, 0.1) is 6.20 Å². The van der Waals surface area contributed by atoms with E-state index in [1.807, 2.05) is 25.1 Å². The third-order valence-electron chi connectivity index (χ3n) is 4.61. The SMILES string of the molecule is C=CCN1C(=O)[C@]2(CC(=O)Nc3[nH]ncc32)c2cc(C)ccc21. The Morgan fingerprint density at radius 1 is 1.39 bits per heavy atom. The Bertz CT molecular complexity index is 854. The number of benzene rings is 1. The molecule has 1 aromatic heterocycles. The molecule has 0 saturated heterocycles. The van der Waals surface area contributed by atoms with Crippen LogP contribution in [0.4, 0.5) is 11.5 Å². The first-order valence-electron chi connectivity index (χ1n) is 7.45. The molecular weight excluding hydrogens is 292 g/mol. The number of aromatic nitrogens is 2. The summed E-state index contributed by atoms with van der Waals surface area (Å²) in [6.07, 6.45) is 3.42. The molecular formula is C17H16N4O2. The van der Waals surface area contributed by atoms with E-state index in [4.69, 9.17) is 0 Å². The molecule has 0 fully saturated rings. The first-order chi connectivity index (χ1) is 11.1. The zero-order valence-electron chi connectivity index (χ0n) is 12.7. The molecule has 2 N–H and O–H groups in total. The van der Waals surface area contributed by atoms with Gasteiger partial charge in [0.1, 0.15) is 11.2 Å². The van der Waals surface area contributed by atoms with Crippen LogP contribution in [0.25, 0.3) is 0 Å². The van der Waals surface area contributed by atoms with E-state index in [1.165, 1.54) is 0 Å². The number of rotatable bonds is 2. The Kier molecular flexibility index (Phi) is 2.72. The van der Waals surface area contributed by atoms with Crippen molar-refractivity contribution in [1.29, 1.82) is 0 Å². The standard InChI is InChI=1S/C17H16N4O2/c1-3-6-21-13-5-4-10(2)7-11(13)17(16(21)23)8-14(22)19-15-12(17)9-18-20-15/h3-5,7,9H,1,6,8H2,2H3,(H2,18,19,20,22)/t17-/m1/s1. The van der Waals surface area contributed by atoms with E-state index in [2.05, 4.69) is 22.1 Å². The van der Waals surface area contributed by atoms with Crippen molar-refractivity contribution in [3.05, 3.63) is 53.7 Å². The van der Waals surface area contributed by atoms with Crippen LogP contribution in [0.2, 0.25) is 0 Å². The predicted molar refractivity (Wildman–Crippen MR) is 86.3 cm³/mol. The molecule has 2 aliphatic rings. The number of hydrogen-bond acceptors (Lipinski definition) is 3. The summed E-state index contributed by atoms with van der Waals surface area (Å²) in [5.41, 5.74) is 2.46. The molecule has 1 spiro atoms. The molecule has 3 heterocycles. The van der Waals surface area contributed by atoms with Crippen LogP contribution in [0.3, 0.4) is 0 Å². The van der Waals surface area contributed by atoms with Crippen LogP contribution in [-0.2, 0) is 15.0 Å². The third kappa shape index (κ3) is 1.66. The van der Waals surface area contributed by atoms with Crippen LogP contribution in [0.5, 0.6) is 0 Å². The van der Waals surface area contributed by atoms with Gasteiger partial charge in [0.15, 0.2) is 0 Å². The minimum Gasteiger partial charge on any atom is -0.311 e. The molecule has 0 saturated carbocycles. The summed E-state index contributed by atoms with van der Waals surface area (Å²) in [4.78, 5) is 27.2. The Hall–Kier alpha value is -2.89. The van der Waals surface area contributed by atoms with E-state index in [1.54, 1.807) is 17.2 Å². The van der Waals surface area contributed by atoms with Crippen LogP contribution in [0.15, 0.2) is 37.1 Å². The number of aryl methyl sites for hydroxylation is 1. The smallest absolute Gasteiger partial charge is 0.243 e. The molecule has 1 atom stereocenters. The maximum Gasteiger partial charge on any atom is 0.243 e. The molecule has 1 aromatic carbocycles. The quantitative estimate of drug-likeness (QED) is 0.832. The Morgan fingerprint density at radius 2 is 2.22 bits per heavy atom. The highest BCUT2D eigenvalue weighted by Gasteiger charge is 2.56. The molecule has 4 rings (SSSR count). The molecule has 0 unspecified atom stereocenters. The van der Waals surface area contributed by atoms with E-state index in [0.29, 0.717) is 12.4 Å². The van der Waals surface area contributed by atoms with E-state index >= 15 is 0 Å². The molecule has 23 heavy (non-hydrogen) atoms. The lowest BCUT2D eigenvalue weighted by atomic mass is 9.71. The average molecular weight is 308 g/mol. The number of aromatic amines is 1. The summed E-state index contributed by atoms with van der Waals surface area (Å²) in [5, 5.41) is 9.56. The van der Waals surface area contributed by atoms with E-state index in [0.717, 1.165) is 22.4 Å². The van der Waals surface area contributed by atoms with Crippen LogP contribution in [-0.4, -0.2) is 28.6 Å². The maximum atomic E-state index is 13.3. The molecule has 0 bridgehead atoms. The summed E-state index contributed by atoms with van der Waals surface area (Å²) in [5.74, 6) is 0.209. The molecule has 6 heteroatoms. The Labute approximate surface area is 133 Å². The number of nitrogens with one attached hydrogen (secondary N) is 2. The van der Waals surface area contributed by atoms with Crippen molar-refractivity contribution >= 4 is 23.3 Å². The van der Waals surface area contributed by atoms with Crippen LogP contribution in [0.1, 0.15) is 23.1 Å². The number of carbonyl (C=O) groups excluding carboxylic acids is 2. The second-order valence-corrected chi connectivity index (χ2v) is 6.01. The van der Waals surface area contributed by atoms with Crippen molar-refractivity contribution in [1.82, 2.24) is 10.2 Å². The van der Waals surface area contributed by atoms with Crippen molar-refractivity contribution in [3.8, 4) is 0 Å². The van der Waals surface area contributed by atoms with Gasteiger partial charge in [-0.3, -0.25) is 14.7 Å². The van der Waals surface area contributed by atoms with Crippen LogP contribution >= 0.6 is 0 Å². The number of amides is 2. The minimum atomic E-state index is -1.00. The second-order valence-electron chi connectivity index (χ2n) is 6.01. The normalized spacial score (nSPS) is 22.0. The average Bonchev–Trinajstić information content (AvgIpc) is 3.06. The lowest BCUT2D eigenvalue weighted by Crippen LogP contribution is -2.46. The topological polar surface area (TPSA) is 78.1 Å². The Morgan fingerprint density at radius 3 is 3.00 bits per heavy atom. The fourth-order valence-corrected chi connectivity index (χ4v) is 3.65. The van der Waals surface area contributed by atoms with Crippen molar-refractivity contribution in [2.75, 3.05) is 16.8 Å². The zero-order chi connectivity index (χ0) is 16.2. The van der Waals surface area contributed by atoms with Crippen LogP contribution < -0.4 is 10.2 Å². The van der Waals surface area contributed by atoms with Gasteiger partial charge in [0.25, 0.3) is 0 Å². The number of H-pyrrole nitrogens is 1. The molecule has 2 aromatic rings. The van der Waals surface area contributed by atoms with Gasteiger partial charge in [-0.05, 0) is 18.6 Å². The lowest BCUT2D eigenvalue weighted by molar-refractivity contribution is -0.126. The van der Waals surface area contributed by atoms with Crippen molar-refractivity contribution in [3.63, 3.8) is 0 Å². The highest BCUT2D eigenvalue weighted by molar-refractivity contribution is 6.15. The van der Waals surface area contributed by atoms with Crippen molar-refractivity contribution in [2.24, 2.45) is 0 Å². The lowest BCUT2D eigenvalue weighted by Gasteiger charge is -2.31. The third-order valence-corrected chi connectivity index (χ3v) is 4.61. The number of carbonyl (C=O) groups is 2. The number of fused-ring (bicyclic) bond motifs is 4. The molecule has 2 aliphatic heterocycles. The Balaban J connectivity index is 2.04. The van der Waals surface area contributed by atoms with Gasteiger partial charge in [0.2, 0.25) is 11.8 Å². The zero-order valence-corrected chi connectivity index (χ0v) is 12.7. The van der Waals surface area contributed by atoms with Crippen LogP contribution in [0, 0.1) is 6.92 Å². The number of hydrogen-bond donors (Lipinski definition) is 2. The monoisotopic (exact) mass is 308 g/mol. The van der Waals surface area contributed by atoms with E-state index in [9.17, 15) is 9.59 Å². The molecule has 0 radical (unpaired) electrons. The predicted octanol–water partition coefficient (Wildman–Crippen LogP) is 1.88. The summed E-state index contributed by atoms with van der Waals surface area (Å²) < 4.78 is 0. The number of nitrogens with zero attached hydrogens (tertiary/aromatic N) is 2. The summed E-state index contributed by atoms with van der Waals surface area (Å²) in [6, 6.07) is 5.90. The second kappa shape index (κ2) is 4.55. The van der Waals surface area contributed by atoms with E-state index < -0.39 is 5.41 Å². The largest absolute Gasteiger partial charge is 0.311 e. The molecule has 0 aliphatic carbocycles. The van der Waals surface area contributed by atoms with Crippen molar-refractivity contribution in [2.45, 2.75) is 18.8 Å². The fraction of sp³-hybridized carbons (Fsp3) is 0.235. The molecule has 6 nitrogen and oxygen atoms in total. The number of anilines is 2. The van der Waals surface area contributed by atoms with Gasteiger partial charge in [0, 0.05) is 24.2 Å². The first-order valence-corrected chi connectivity index (χ1v) is 7.45. The highest BCUT2D eigenvalue weighted by atomic mass is 16.2.